The number of rotatable bonds is 6. The van der Waals surface area contributed by atoms with Crippen LogP contribution in [-0.4, -0.2) is 25.6 Å². The monoisotopic (exact) mass is 319 g/mol. The fraction of sp³-hybridized carbons (Fsp3) is 0.632. The lowest BCUT2D eigenvalue weighted by atomic mass is 9.86. The van der Waals surface area contributed by atoms with Crippen LogP contribution in [0.2, 0.25) is 0 Å². The van der Waals surface area contributed by atoms with Gasteiger partial charge in [0.15, 0.2) is 6.54 Å². The van der Waals surface area contributed by atoms with Crippen molar-refractivity contribution in [1.82, 2.24) is 5.32 Å². The Bertz CT molecular complexity index is 530. The molecule has 4 heteroatoms. The molecule has 3 atom stereocenters. The van der Waals surface area contributed by atoms with Crippen LogP contribution in [-0.2, 0) is 4.79 Å². The van der Waals surface area contributed by atoms with E-state index in [4.69, 9.17) is 4.74 Å². The van der Waals surface area contributed by atoms with E-state index in [1.807, 2.05) is 12.1 Å². The third kappa shape index (κ3) is 4.96. The highest BCUT2D eigenvalue weighted by Gasteiger charge is 2.24. The second kappa shape index (κ2) is 8.34. The minimum Gasteiger partial charge on any atom is -0.496 e. The largest absolute Gasteiger partial charge is 0.496 e. The summed E-state index contributed by atoms with van der Waals surface area (Å²) in [5.74, 6) is 1.63. The molecule has 0 heterocycles. The number of aryl methyl sites for hydroxylation is 1. The van der Waals surface area contributed by atoms with Crippen LogP contribution >= 0.6 is 0 Å². The lowest BCUT2D eigenvalue weighted by molar-refractivity contribution is -0.682. The summed E-state index contributed by atoms with van der Waals surface area (Å²) < 4.78 is 5.44. The maximum Gasteiger partial charge on any atom is 0.275 e. The number of nitrogens with two attached hydrogens (primary N) is 1. The van der Waals surface area contributed by atoms with Crippen LogP contribution in [0.4, 0.5) is 0 Å². The maximum absolute atomic E-state index is 12.2. The van der Waals surface area contributed by atoms with Crippen molar-refractivity contribution in [2.75, 3.05) is 13.7 Å². The van der Waals surface area contributed by atoms with Gasteiger partial charge in [0.05, 0.1) is 12.7 Å². The zero-order valence-electron chi connectivity index (χ0n) is 14.9. The van der Waals surface area contributed by atoms with Crippen LogP contribution in [0.5, 0.6) is 5.75 Å². The first kappa shape index (κ1) is 17.8. The van der Waals surface area contributed by atoms with Crippen LogP contribution < -0.4 is 15.4 Å². The number of quaternary nitrogens is 1. The van der Waals surface area contributed by atoms with Crippen LogP contribution in [0.1, 0.15) is 56.7 Å². The van der Waals surface area contributed by atoms with E-state index in [0.717, 1.165) is 17.7 Å². The first-order valence-corrected chi connectivity index (χ1v) is 8.78. The van der Waals surface area contributed by atoms with E-state index >= 15 is 0 Å². The molecule has 1 aliphatic rings. The third-order valence-corrected chi connectivity index (χ3v) is 4.99. The number of carbonyl (C=O) groups excluding carboxylic acids is 1. The Morgan fingerprint density at radius 1 is 1.39 bits per heavy atom. The number of hydrogen-bond acceptors (Lipinski definition) is 2. The topological polar surface area (TPSA) is 54.9 Å². The summed E-state index contributed by atoms with van der Waals surface area (Å²) in [6, 6.07) is 6.74. The van der Waals surface area contributed by atoms with Gasteiger partial charge >= 0.3 is 0 Å². The Kier molecular flexibility index (Phi) is 6.46. The third-order valence-electron chi connectivity index (χ3n) is 4.99. The maximum atomic E-state index is 12.2. The molecule has 2 rings (SSSR count). The second-order valence-electron chi connectivity index (χ2n) is 6.91. The quantitative estimate of drug-likeness (QED) is 0.845. The number of hydrogen-bond donors (Lipinski definition) is 2. The van der Waals surface area contributed by atoms with Crippen molar-refractivity contribution in [3.05, 3.63) is 29.3 Å². The fourth-order valence-electron chi connectivity index (χ4n) is 3.42. The molecule has 1 aromatic rings. The van der Waals surface area contributed by atoms with Crippen molar-refractivity contribution in [3.63, 3.8) is 0 Å². The normalized spacial score (nSPS) is 22.4. The minimum atomic E-state index is 0.141. The SMILES string of the molecule is COc1ccc(C)cc1[C@@H](C)[NH2+]CC(=O)N[C@H]1CCCC[C@@H]1C. The number of carbonyl (C=O) groups is 1. The van der Waals surface area contributed by atoms with Crippen LogP contribution in [0.25, 0.3) is 0 Å². The van der Waals surface area contributed by atoms with Crippen LogP contribution in [0.3, 0.4) is 0 Å². The van der Waals surface area contributed by atoms with Gasteiger partial charge in [0.1, 0.15) is 11.8 Å². The number of amides is 1. The van der Waals surface area contributed by atoms with Crippen molar-refractivity contribution >= 4 is 5.91 Å². The van der Waals surface area contributed by atoms with Gasteiger partial charge in [0.2, 0.25) is 0 Å². The summed E-state index contributed by atoms with van der Waals surface area (Å²) in [4.78, 5) is 12.2. The summed E-state index contributed by atoms with van der Waals surface area (Å²) in [6.07, 6.45) is 4.87. The highest BCUT2D eigenvalue weighted by molar-refractivity contribution is 5.77. The Balaban J connectivity index is 1.87. The average Bonchev–Trinajstić information content (AvgIpc) is 2.54. The molecule has 0 aliphatic heterocycles. The first-order chi connectivity index (χ1) is 11.0. The predicted octanol–water partition coefficient (Wildman–Crippen LogP) is 2.32. The number of ether oxygens (including phenoxy) is 1. The molecule has 0 unspecified atom stereocenters. The van der Waals surface area contributed by atoms with Gasteiger partial charge in [-0.2, -0.15) is 0 Å². The zero-order valence-corrected chi connectivity index (χ0v) is 14.9. The van der Waals surface area contributed by atoms with Gasteiger partial charge in [-0.3, -0.25) is 4.79 Å². The van der Waals surface area contributed by atoms with Crippen LogP contribution in [0.15, 0.2) is 18.2 Å². The molecular weight excluding hydrogens is 288 g/mol. The molecule has 1 fully saturated rings. The highest BCUT2D eigenvalue weighted by atomic mass is 16.5. The van der Waals surface area contributed by atoms with E-state index in [0.29, 0.717) is 18.5 Å². The standard InChI is InChI=1S/C19H30N2O2/c1-13-9-10-18(23-4)16(11-13)15(3)20-12-19(22)21-17-8-6-5-7-14(17)2/h9-11,14-15,17,20H,5-8,12H2,1-4H3,(H,21,22)/p+1/t14-,15+,17-/m0/s1. The van der Waals surface area contributed by atoms with Gasteiger partial charge in [-0.1, -0.05) is 31.4 Å². The molecule has 0 saturated heterocycles. The Hall–Kier alpha value is -1.55. The molecular formula is C19H31N2O2+. The predicted molar refractivity (Wildman–Crippen MR) is 92.5 cm³/mol. The molecule has 128 valence electrons. The van der Waals surface area contributed by atoms with E-state index in [2.05, 4.69) is 37.5 Å². The minimum absolute atomic E-state index is 0.141. The second-order valence-corrected chi connectivity index (χ2v) is 6.91. The molecule has 0 spiro atoms. The van der Waals surface area contributed by atoms with Gasteiger partial charge in [0.25, 0.3) is 5.91 Å². The smallest absolute Gasteiger partial charge is 0.275 e. The molecule has 1 amide bonds. The van der Waals surface area contributed by atoms with Crippen LogP contribution in [0, 0.1) is 12.8 Å². The van der Waals surface area contributed by atoms with Gasteiger partial charge in [-0.15, -0.1) is 0 Å². The molecule has 4 nitrogen and oxygen atoms in total. The number of methoxy groups -OCH3 is 1. The zero-order chi connectivity index (χ0) is 16.8. The van der Waals surface area contributed by atoms with Crippen molar-refractivity contribution in [2.24, 2.45) is 5.92 Å². The molecule has 0 aromatic heterocycles. The first-order valence-electron chi connectivity index (χ1n) is 8.78. The molecule has 23 heavy (non-hydrogen) atoms. The van der Waals surface area contributed by atoms with E-state index in [1.54, 1.807) is 7.11 Å². The van der Waals surface area contributed by atoms with Crippen molar-refractivity contribution in [2.45, 2.75) is 58.5 Å². The van der Waals surface area contributed by atoms with E-state index < -0.39 is 0 Å². The van der Waals surface area contributed by atoms with Crippen molar-refractivity contribution < 1.29 is 14.8 Å². The molecule has 0 radical (unpaired) electrons. The van der Waals surface area contributed by atoms with Gasteiger partial charge in [-0.25, -0.2) is 0 Å². The highest BCUT2D eigenvalue weighted by Crippen LogP contribution is 2.24. The van der Waals surface area contributed by atoms with E-state index in [1.165, 1.54) is 24.8 Å². The lowest BCUT2D eigenvalue weighted by Gasteiger charge is -2.29. The van der Waals surface area contributed by atoms with Gasteiger partial charge in [-0.05, 0) is 44.7 Å². The van der Waals surface area contributed by atoms with Crippen molar-refractivity contribution in [1.29, 1.82) is 0 Å². The molecule has 1 aliphatic carbocycles. The van der Waals surface area contributed by atoms with Gasteiger partial charge < -0.3 is 15.4 Å². The summed E-state index contributed by atoms with van der Waals surface area (Å²) in [5.41, 5.74) is 2.35. The molecule has 3 N–H and O–H groups in total. The van der Waals surface area contributed by atoms with Crippen molar-refractivity contribution in [3.8, 4) is 5.75 Å². The lowest BCUT2D eigenvalue weighted by Crippen LogP contribution is -2.87. The number of nitrogens with one attached hydrogen (secondary N) is 1. The fourth-order valence-corrected chi connectivity index (χ4v) is 3.42. The number of benzene rings is 1. The summed E-state index contributed by atoms with van der Waals surface area (Å²) >= 11 is 0. The summed E-state index contributed by atoms with van der Waals surface area (Å²) in [5, 5.41) is 5.30. The Labute approximate surface area is 140 Å². The molecule has 1 aromatic carbocycles. The molecule has 1 saturated carbocycles. The summed E-state index contributed by atoms with van der Waals surface area (Å²) in [7, 11) is 1.69. The average molecular weight is 319 g/mol. The van der Waals surface area contributed by atoms with Gasteiger partial charge in [0, 0.05) is 6.04 Å². The Morgan fingerprint density at radius 2 is 2.13 bits per heavy atom. The Morgan fingerprint density at radius 3 is 2.83 bits per heavy atom. The molecule has 0 bridgehead atoms. The van der Waals surface area contributed by atoms with E-state index in [9.17, 15) is 4.79 Å². The summed E-state index contributed by atoms with van der Waals surface area (Å²) in [6.45, 7) is 6.90. The van der Waals surface area contributed by atoms with E-state index in [-0.39, 0.29) is 11.9 Å².